The van der Waals surface area contributed by atoms with Crippen molar-refractivity contribution in [3.05, 3.63) is 11.9 Å². The van der Waals surface area contributed by atoms with Crippen molar-refractivity contribution in [3.63, 3.8) is 0 Å². The predicted molar refractivity (Wildman–Crippen MR) is 82.8 cm³/mol. The summed E-state index contributed by atoms with van der Waals surface area (Å²) in [5.41, 5.74) is 1.14. The molecule has 1 aromatic heterocycles. The fraction of sp³-hybridized carbons (Fsp3) is 0.875. The first kappa shape index (κ1) is 15.5. The molecule has 0 spiro atoms. The summed E-state index contributed by atoms with van der Waals surface area (Å²) in [5, 5.41) is 8.67. The number of hydrogen-bond acceptors (Lipinski definition) is 3. The highest BCUT2D eigenvalue weighted by Crippen LogP contribution is 2.24. The van der Waals surface area contributed by atoms with Gasteiger partial charge in [0, 0.05) is 25.3 Å². The Morgan fingerprint density at radius 1 is 1.20 bits per heavy atom. The second kappa shape index (κ2) is 7.21. The van der Waals surface area contributed by atoms with Crippen LogP contribution in [-0.2, 0) is 6.42 Å². The van der Waals surface area contributed by atoms with E-state index in [4.69, 9.17) is 0 Å². The normalized spacial score (nSPS) is 18.3. The molecule has 0 unspecified atom stereocenters. The van der Waals surface area contributed by atoms with Crippen molar-refractivity contribution in [3.8, 4) is 0 Å². The summed E-state index contributed by atoms with van der Waals surface area (Å²) in [4.78, 5) is 2.66. The molecule has 1 aliphatic heterocycles. The number of rotatable bonds is 6. The minimum Gasteiger partial charge on any atom is -0.300 e. The van der Waals surface area contributed by atoms with Crippen LogP contribution in [0.5, 0.6) is 0 Å². The van der Waals surface area contributed by atoms with Crippen molar-refractivity contribution in [2.45, 2.75) is 71.9 Å². The Balaban J connectivity index is 1.88. The largest absolute Gasteiger partial charge is 0.300 e. The molecule has 0 N–H and O–H groups in total. The highest BCUT2D eigenvalue weighted by Gasteiger charge is 2.24. The van der Waals surface area contributed by atoms with Crippen LogP contribution in [0.2, 0.25) is 0 Å². The zero-order chi connectivity index (χ0) is 14.5. The third-order valence-electron chi connectivity index (χ3n) is 4.51. The summed E-state index contributed by atoms with van der Waals surface area (Å²) in [6, 6.07) is 1.32. The van der Waals surface area contributed by atoms with Gasteiger partial charge in [-0.05, 0) is 38.0 Å². The van der Waals surface area contributed by atoms with Gasteiger partial charge in [-0.3, -0.25) is 0 Å². The smallest absolute Gasteiger partial charge is 0.0829 e. The summed E-state index contributed by atoms with van der Waals surface area (Å²) >= 11 is 0. The van der Waals surface area contributed by atoms with Crippen LogP contribution in [0.1, 0.15) is 65.1 Å². The summed E-state index contributed by atoms with van der Waals surface area (Å²) < 4.78 is 2.11. The quantitative estimate of drug-likeness (QED) is 0.800. The number of likely N-dealkylation sites (tertiary alicyclic amines) is 1. The Hall–Kier alpha value is -0.900. The van der Waals surface area contributed by atoms with Crippen LogP contribution in [0.15, 0.2) is 6.20 Å². The summed E-state index contributed by atoms with van der Waals surface area (Å²) in [5.74, 6) is 0.650. The topological polar surface area (TPSA) is 34.0 Å². The molecule has 0 aliphatic carbocycles. The Morgan fingerprint density at radius 3 is 2.40 bits per heavy atom. The fourth-order valence-corrected chi connectivity index (χ4v) is 3.32. The SMILES string of the molecule is CCC(CC)N1CCC(n2cc(CC(C)C)nn2)CC1. The van der Waals surface area contributed by atoms with E-state index in [0.29, 0.717) is 12.0 Å². The van der Waals surface area contributed by atoms with Crippen molar-refractivity contribution in [2.75, 3.05) is 13.1 Å². The molecule has 1 aromatic rings. The molecule has 2 rings (SSSR count). The molecule has 0 saturated carbocycles. The standard InChI is InChI=1S/C16H30N4/c1-5-15(6-2)19-9-7-16(8-10-19)20-12-14(17-18-20)11-13(3)4/h12-13,15-16H,5-11H2,1-4H3. The molecule has 4 nitrogen and oxygen atoms in total. The molecule has 1 aliphatic rings. The van der Waals surface area contributed by atoms with E-state index in [0.717, 1.165) is 18.2 Å². The monoisotopic (exact) mass is 278 g/mol. The van der Waals surface area contributed by atoms with Gasteiger partial charge in [0.2, 0.25) is 0 Å². The minimum absolute atomic E-state index is 0.550. The molecule has 20 heavy (non-hydrogen) atoms. The van der Waals surface area contributed by atoms with Crippen LogP contribution in [0.25, 0.3) is 0 Å². The van der Waals surface area contributed by atoms with Crippen LogP contribution in [0.4, 0.5) is 0 Å². The number of piperidine rings is 1. The lowest BCUT2D eigenvalue weighted by molar-refractivity contribution is 0.123. The lowest BCUT2D eigenvalue weighted by Crippen LogP contribution is -2.41. The van der Waals surface area contributed by atoms with Crippen molar-refractivity contribution < 1.29 is 0 Å². The molecule has 0 radical (unpaired) electrons. The fourth-order valence-electron chi connectivity index (χ4n) is 3.32. The third kappa shape index (κ3) is 3.81. The van der Waals surface area contributed by atoms with Gasteiger partial charge in [-0.1, -0.05) is 32.9 Å². The molecule has 2 heterocycles. The molecule has 1 saturated heterocycles. The van der Waals surface area contributed by atoms with E-state index >= 15 is 0 Å². The highest BCUT2D eigenvalue weighted by molar-refractivity contribution is 4.95. The van der Waals surface area contributed by atoms with Crippen LogP contribution in [0.3, 0.4) is 0 Å². The van der Waals surface area contributed by atoms with Crippen LogP contribution in [-0.4, -0.2) is 39.0 Å². The van der Waals surface area contributed by atoms with Gasteiger partial charge in [0.15, 0.2) is 0 Å². The van der Waals surface area contributed by atoms with E-state index in [1.807, 2.05) is 0 Å². The maximum Gasteiger partial charge on any atom is 0.0829 e. The maximum atomic E-state index is 4.35. The lowest BCUT2D eigenvalue weighted by Gasteiger charge is -2.36. The average molecular weight is 278 g/mol. The number of aromatic nitrogens is 3. The van der Waals surface area contributed by atoms with Crippen molar-refractivity contribution in [1.82, 2.24) is 19.9 Å². The average Bonchev–Trinajstić information content (AvgIpc) is 2.88. The Labute approximate surface area is 123 Å². The molecule has 1 fully saturated rings. The van der Waals surface area contributed by atoms with Gasteiger partial charge in [0.25, 0.3) is 0 Å². The lowest BCUT2D eigenvalue weighted by atomic mass is 10.0. The molecule has 0 bridgehead atoms. The minimum atomic E-state index is 0.550. The summed E-state index contributed by atoms with van der Waals surface area (Å²) in [7, 11) is 0. The van der Waals surface area contributed by atoms with Crippen molar-refractivity contribution >= 4 is 0 Å². The van der Waals surface area contributed by atoms with Gasteiger partial charge < -0.3 is 4.90 Å². The molecule has 0 amide bonds. The van der Waals surface area contributed by atoms with Crippen LogP contribution in [0, 0.1) is 5.92 Å². The van der Waals surface area contributed by atoms with E-state index < -0.39 is 0 Å². The Bertz CT molecular complexity index is 387. The van der Waals surface area contributed by atoms with E-state index in [-0.39, 0.29) is 0 Å². The first-order valence-electron chi connectivity index (χ1n) is 8.28. The molecular weight excluding hydrogens is 248 g/mol. The highest BCUT2D eigenvalue weighted by atomic mass is 15.4. The van der Waals surface area contributed by atoms with Gasteiger partial charge in [-0.25, -0.2) is 4.68 Å². The second-order valence-corrected chi connectivity index (χ2v) is 6.53. The molecule has 0 atom stereocenters. The molecule has 0 aromatic carbocycles. The number of nitrogens with zero attached hydrogens (tertiary/aromatic N) is 4. The first-order valence-corrected chi connectivity index (χ1v) is 8.28. The van der Waals surface area contributed by atoms with E-state index in [1.54, 1.807) is 0 Å². The van der Waals surface area contributed by atoms with E-state index in [1.165, 1.54) is 38.8 Å². The first-order chi connectivity index (χ1) is 9.63. The summed E-state index contributed by atoms with van der Waals surface area (Å²) in [6.45, 7) is 11.5. The molecular formula is C16H30N4. The second-order valence-electron chi connectivity index (χ2n) is 6.53. The zero-order valence-corrected chi connectivity index (χ0v) is 13.5. The maximum absolute atomic E-state index is 4.35. The van der Waals surface area contributed by atoms with Crippen molar-refractivity contribution in [1.29, 1.82) is 0 Å². The molecule has 114 valence electrons. The predicted octanol–water partition coefficient (Wildman–Crippen LogP) is 3.30. The third-order valence-corrected chi connectivity index (χ3v) is 4.51. The number of hydrogen-bond donors (Lipinski definition) is 0. The summed E-state index contributed by atoms with van der Waals surface area (Å²) in [6.07, 6.45) is 8.15. The molecule has 4 heteroatoms. The van der Waals surface area contributed by atoms with Crippen LogP contribution >= 0.6 is 0 Å². The Morgan fingerprint density at radius 2 is 1.85 bits per heavy atom. The van der Waals surface area contributed by atoms with Gasteiger partial charge >= 0.3 is 0 Å². The van der Waals surface area contributed by atoms with Gasteiger partial charge in [0.05, 0.1) is 11.7 Å². The van der Waals surface area contributed by atoms with Gasteiger partial charge in [0.1, 0.15) is 0 Å². The van der Waals surface area contributed by atoms with Crippen LogP contribution < -0.4 is 0 Å². The van der Waals surface area contributed by atoms with E-state index in [9.17, 15) is 0 Å². The zero-order valence-electron chi connectivity index (χ0n) is 13.5. The Kier molecular flexibility index (Phi) is 5.58. The van der Waals surface area contributed by atoms with Gasteiger partial charge in [-0.2, -0.15) is 0 Å². The van der Waals surface area contributed by atoms with E-state index in [2.05, 4.69) is 53.8 Å². The van der Waals surface area contributed by atoms with Gasteiger partial charge in [-0.15, -0.1) is 5.10 Å². The van der Waals surface area contributed by atoms with Crippen molar-refractivity contribution in [2.24, 2.45) is 5.92 Å².